The topological polar surface area (TPSA) is 3.24 Å². The van der Waals surface area contributed by atoms with Crippen LogP contribution in [0.15, 0.2) is 18.2 Å². The molecule has 0 saturated carbocycles. The highest BCUT2D eigenvalue weighted by molar-refractivity contribution is 5.28. The summed E-state index contributed by atoms with van der Waals surface area (Å²) in [7, 11) is 4.19. The Kier molecular flexibility index (Phi) is 3.49. The second-order valence-corrected chi connectivity index (χ2v) is 4.02. The van der Waals surface area contributed by atoms with Crippen molar-refractivity contribution in [2.45, 2.75) is 26.3 Å². The van der Waals surface area contributed by atoms with Crippen LogP contribution in [-0.4, -0.2) is 19.0 Å². The van der Waals surface area contributed by atoms with Crippen molar-refractivity contribution < 1.29 is 0 Å². The van der Waals surface area contributed by atoms with Crippen molar-refractivity contribution in [2.75, 3.05) is 14.1 Å². The average molecular weight is 176 g/mol. The summed E-state index contributed by atoms with van der Waals surface area (Å²) in [4.78, 5) is 2.19. The summed E-state index contributed by atoms with van der Waals surface area (Å²) >= 11 is 0. The third-order valence-corrected chi connectivity index (χ3v) is 2.10. The van der Waals surface area contributed by atoms with E-state index in [0.717, 1.165) is 6.54 Å². The zero-order chi connectivity index (χ0) is 9.84. The predicted octanol–water partition coefficient (Wildman–Crippen LogP) is 2.67. The molecule has 1 heteroatoms. The summed E-state index contributed by atoms with van der Waals surface area (Å²) in [6.45, 7) is 5.47. The molecule has 0 spiro atoms. The molecule has 0 aliphatic rings. The van der Waals surface area contributed by atoms with Crippen LogP contribution in [0.3, 0.4) is 0 Å². The molecule has 1 aromatic rings. The molecule has 0 aromatic heterocycles. The van der Waals surface area contributed by atoms with Crippen molar-refractivity contribution in [2.24, 2.45) is 0 Å². The quantitative estimate of drug-likeness (QED) is 0.684. The van der Waals surface area contributed by atoms with Gasteiger partial charge in [-0.1, -0.05) is 26.0 Å². The van der Waals surface area contributed by atoms with Gasteiger partial charge in [0, 0.05) is 6.54 Å². The molecule has 13 heavy (non-hydrogen) atoms. The highest BCUT2D eigenvalue weighted by Gasteiger charge is 2.05. The lowest BCUT2D eigenvalue weighted by Gasteiger charge is -2.15. The van der Waals surface area contributed by atoms with Crippen molar-refractivity contribution in [3.63, 3.8) is 0 Å². The molecular formula is C12H18N. The number of nitrogens with zero attached hydrogens (tertiary/aromatic N) is 1. The summed E-state index contributed by atoms with van der Waals surface area (Å²) in [5.74, 6) is 0.601. The molecule has 0 amide bonds. The minimum atomic E-state index is 0.601. The number of benzene rings is 1. The highest BCUT2D eigenvalue weighted by Crippen LogP contribution is 2.19. The molecule has 0 bridgehead atoms. The van der Waals surface area contributed by atoms with E-state index in [0.29, 0.717) is 5.92 Å². The first-order valence-corrected chi connectivity index (χ1v) is 4.75. The van der Waals surface area contributed by atoms with Crippen molar-refractivity contribution in [3.05, 3.63) is 35.4 Å². The molecular weight excluding hydrogens is 158 g/mol. The molecule has 0 heterocycles. The summed E-state index contributed by atoms with van der Waals surface area (Å²) in [5, 5.41) is 0. The third kappa shape index (κ3) is 2.85. The lowest BCUT2D eigenvalue weighted by atomic mass is 9.97. The Bertz CT molecular complexity index is 264. The van der Waals surface area contributed by atoms with Crippen LogP contribution in [0.25, 0.3) is 0 Å². The SMILES string of the molecule is CC(C)c1cc[c]cc1CN(C)C. The summed E-state index contributed by atoms with van der Waals surface area (Å²) in [5.41, 5.74) is 2.83. The van der Waals surface area contributed by atoms with Crippen LogP contribution in [0, 0.1) is 6.07 Å². The minimum Gasteiger partial charge on any atom is -0.305 e. The van der Waals surface area contributed by atoms with Gasteiger partial charge in [0.25, 0.3) is 0 Å². The Hall–Kier alpha value is -0.820. The van der Waals surface area contributed by atoms with Crippen LogP contribution in [-0.2, 0) is 6.54 Å². The zero-order valence-corrected chi connectivity index (χ0v) is 8.96. The van der Waals surface area contributed by atoms with Crippen LogP contribution < -0.4 is 0 Å². The van der Waals surface area contributed by atoms with E-state index in [-0.39, 0.29) is 0 Å². The lowest BCUT2D eigenvalue weighted by Crippen LogP contribution is -2.12. The number of hydrogen-bond donors (Lipinski definition) is 0. The molecule has 0 N–H and O–H groups in total. The first-order chi connectivity index (χ1) is 6.11. The summed E-state index contributed by atoms with van der Waals surface area (Å²) in [6, 6.07) is 9.39. The van der Waals surface area contributed by atoms with E-state index >= 15 is 0 Å². The van der Waals surface area contributed by atoms with E-state index in [1.54, 1.807) is 0 Å². The van der Waals surface area contributed by atoms with Crippen LogP contribution in [0.4, 0.5) is 0 Å². The van der Waals surface area contributed by atoms with E-state index in [2.05, 4.69) is 51.0 Å². The molecule has 1 rings (SSSR count). The normalized spacial score (nSPS) is 11.2. The molecule has 0 aliphatic carbocycles. The highest BCUT2D eigenvalue weighted by atomic mass is 15.0. The fourth-order valence-electron chi connectivity index (χ4n) is 1.52. The minimum absolute atomic E-state index is 0.601. The first-order valence-electron chi connectivity index (χ1n) is 4.75. The maximum atomic E-state index is 3.13. The van der Waals surface area contributed by atoms with Crippen LogP contribution in [0.5, 0.6) is 0 Å². The molecule has 0 aliphatic heterocycles. The number of hydrogen-bond acceptors (Lipinski definition) is 1. The van der Waals surface area contributed by atoms with Gasteiger partial charge in [0.1, 0.15) is 0 Å². The Morgan fingerprint density at radius 3 is 2.62 bits per heavy atom. The van der Waals surface area contributed by atoms with Crippen molar-refractivity contribution in [3.8, 4) is 0 Å². The predicted molar refractivity (Wildman–Crippen MR) is 56.8 cm³/mol. The van der Waals surface area contributed by atoms with Gasteiger partial charge in [0.15, 0.2) is 0 Å². The van der Waals surface area contributed by atoms with Crippen molar-refractivity contribution in [1.82, 2.24) is 4.90 Å². The molecule has 0 fully saturated rings. The Labute approximate surface area is 81.4 Å². The molecule has 71 valence electrons. The standard InChI is InChI=1S/C12H18N/c1-10(2)12-8-6-5-7-11(12)9-13(3)4/h6-8,10H,9H2,1-4H3. The molecule has 1 radical (unpaired) electrons. The lowest BCUT2D eigenvalue weighted by molar-refractivity contribution is 0.400. The van der Waals surface area contributed by atoms with Gasteiger partial charge in [0.2, 0.25) is 0 Å². The Balaban J connectivity index is 2.91. The van der Waals surface area contributed by atoms with Crippen molar-refractivity contribution >= 4 is 0 Å². The van der Waals surface area contributed by atoms with Crippen LogP contribution in [0.2, 0.25) is 0 Å². The zero-order valence-electron chi connectivity index (χ0n) is 8.96. The summed E-state index contributed by atoms with van der Waals surface area (Å²) < 4.78 is 0. The van der Waals surface area contributed by atoms with Gasteiger partial charge in [-0.2, -0.15) is 0 Å². The second-order valence-electron chi connectivity index (χ2n) is 4.02. The van der Waals surface area contributed by atoms with E-state index < -0.39 is 0 Å². The fraction of sp³-hybridized carbons (Fsp3) is 0.500. The monoisotopic (exact) mass is 176 g/mol. The van der Waals surface area contributed by atoms with Gasteiger partial charge in [-0.25, -0.2) is 0 Å². The van der Waals surface area contributed by atoms with E-state index in [1.165, 1.54) is 11.1 Å². The van der Waals surface area contributed by atoms with Gasteiger partial charge in [-0.15, -0.1) is 0 Å². The van der Waals surface area contributed by atoms with Gasteiger partial charge in [0.05, 0.1) is 0 Å². The maximum absolute atomic E-state index is 3.13. The maximum Gasteiger partial charge on any atom is 0.0230 e. The molecule has 0 saturated heterocycles. The third-order valence-electron chi connectivity index (χ3n) is 2.10. The largest absolute Gasteiger partial charge is 0.305 e. The van der Waals surface area contributed by atoms with Gasteiger partial charge >= 0.3 is 0 Å². The van der Waals surface area contributed by atoms with E-state index in [9.17, 15) is 0 Å². The molecule has 1 aromatic carbocycles. The second kappa shape index (κ2) is 4.43. The molecule has 1 nitrogen and oxygen atoms in total. The smallest absolute Gasteiger partial charge is 0.0230 e. The Morgan fingerprint density at radius 2 is 2.08 bits per heavy atom. The van der Waals surface area contributed by atoms with Crippen LogP contribution >= 0.6 is 0 Å². The number of rotatable bonds is 3. The van der Waals surface area contributed by atoms with Gasteiger partial charge in [-0.05, 0) is 43.3 Å². The van der Waals surface area contributed by atoms with Crippen molar-refractivity contribution in [1.29, 1.82) is 0 Å². The first kappa shape index (κ1) is 10.3. The fourth-order valence-corrected chi connectivity index (χ4v) is 1.52. The Morgan fingerprint density at radius 1 is 1.38 bits per heavy atom. The summed E-state index contributed by atoms with van der Waals surface area (Å²) in [6.07, 6.45) is 0. The van der Waals surface area contributed by atoms with E-state index in [4.69, 9.17) is 0 Å². The van der Waals surface area contributed by atoms with Crippen LogP contribution in [0.1, 0.15) is 30.9 Å². The molecule has 0 atom stereocenters. The van der Waals surface area contributed by atoms with E-state index in [1.807, 2.05) is 6.07 Å². The van der Waals surface area contributed by atoms with Gasteiger partial charge in [-0.3, -0.25) is 0 Å². The average Bonchev–Trinajstić information content (AvgIpc) is 2.03. The van der Waals surface area contributed by atoms with Gasteiger partial charge < -0.3 is 4.90 Å². The molecule has 0 unspecified atom stereocenters.